The van der Waals surface area contributed by atoms with E-state index in [9.17, 15) is 23.1 Å². The van der Waals surface area contributed by atoms with Crippen molar-refractivity contribution in [2.75, 3.05) is 43.9 Å². The van der Waals surface area contributed by atoms with Crippen LogP contribution in [0.15, 0.2) is 24.7 Å². The predicted molar refractivity (Wildman–Crippen MR) is 128 cm³/mol. The van der Waals surface area contributed by atoms with Gasteiger partial charge in [-0.15, -0.1) is 0 Å². The van der Waals surface area contributed by atoms with E-state index in [0.29, 0.717) is 72.3 Å². The van der Waals surface area contributed by atoms with Crippen molar-refractivity contribution in [3.8, 4) is 11.3 Å². The summed E-state index contributed by atoms with van der Waals surface area (Å²) >= 11 is 0. The molecule has 3 aromatic heterocycles. The molecule has 3 aromatic rings. The molecule has 0 atom stereocenters. The van der Waals surface area contributed by atoms with E-state index in [1.165, 1.54) is 0 Å². The zero-order chi connectivity index (χ0) is 25.7. The third-order valence-electron chi connectivity index (χ3n) is 6.94. The standard InChI is InChI=1S/C24H28F3N7O2/c1-33(2)18-13-31-22(30-10-14-3-7-34(8-4-14)21(35)23(36)5-6-23)32-19(18)17-12-29-20-16(17)9-15(11-28-20)24(25,26)27/h9,11-14,36H,3-8,10H2,1-2H3,(H,28,29)(H,30,31,32). The highest BCUT2D eigenvalue weighted by Gasteiger charge is 2.50. The fourth-order valence-corrected chi connectivity index (χ4v) is 4.54. The van der Waals surface area contributed by atoms with Gasteiger partial charge >= 0.3 is 6.18 Å². The molecule has 3 N–H and O–H groups in total. The van der Waals surface area contributed by atoms with Gasteiger partial charge < -0.3 is 25.2 Å². The summed E-state index contributed by atoms with van der Waals surface area (Å²) in [5, 5.41) is 13.6. The van der Waals surface area contributed by atoms with Crippen molar-refractivity contribution in [2.24, 2.45) is 5.92 Å². The molecule has 1 amide bonds. The summed E-state index contributed by atoms with van der Waals surface area (Å²) in [4.78, 5) is 31.8. The Morgan fingerprint density at radius 2 is 1.97 bits per heavy atom. The Kier molecular flexibility index (Phi) is 6.01. The van der Waals surface area contributed by atoms with Gasteiger partial charge in [0.05, 0.1) is 17.4 Å². The average molecular weight is 504 g/mol. The maximum atomic E-state index is 13.3. The molecule has 192 valence electrons. The number of H-pyrrole nitrogens is 1. The number of amides is 1. The van der Waals surface area contributed by atoms with E-state index in [1.54, 1.807) is 22.2 Å². The molecule has 0 unspecified atom stereocenters. The summed E-state index contributed by atoms with van der Waals surface area (Å²) in [6, 6.07) is 1.08. The zero-order valence-electron chi connectivity index (χ0n) is 20.1. The van der Waals surface area contributed by atoms with Crippen LogP contribution in [0.25, 0.3) is 22.3 Å². The van der Waals surface area contributed by atoms with Crippen LogP contribution in [0, 0.1) is 5.92 Å². The number of nitrogens with zero attached hydrogens (tertiary/aromatic N) is 5. The van der Waals surface area contributed by atoms with Crippen LogP contribution < -0.4 is 10.2 Å². The van der Waals surface area contributed by atoms with Crippen LogP contribution in [0.4, 0.5) is 24.8 Å². The maximum absolute atomic E-state index is 13.3. The fourth-order valence-electron chi connectivity index (χ4n) is 4.54. The summed E-state index contributed by atoms with van der Waals surface area (Å²) in [6.45, 7) is 1.80. The van der Waals surface area contributed by atoms with Gasteiger partial charge in [0.1, 0.15) is 16.9 Å². The SMILES string of the molecule is CN(C)c1cnc(NCC2CCN(C(=O)C3(O)CC3)CC2)nc1-c1c[nH]c2ncc(C(F)(F)F)cc12. The van der Waals surface area contributed by atoms with Crippen LogP contribution in [0.5, 0.6) is 0 Å². The third-order valence-corrected chi connectivity index (χ3v) is 6.94. The first kappa shape index (κ1) is 24.3. The predicted octanol–water partition coefficient (Wildman–Crippen LogP) is 3.28. The van der Waals surface area contributed by atoms with E-state index in [2.05, 4.69) is 25.3 Å². The second kappa shape index (κ2) is 8.91. The Morgan fingerprint density at radius 3 is 2.61 bits per heavy atom. The average Bonchev–Trinajstić information content (AvgIpc) is 3.46. The molecule has 1 aliphatic heterocycles. The van der Waals surface area contributed by atoms with E-state index in [1.807, 2.05) is 14.1 Å². The molecule has 1 saturated heterocycles. The molecule has 0 bridgehead atoms. The number of likely N-dealkylation sites (tertiary alicyclic amines) is 1. The van der Waals surface area contributed by atoms with Crippen LogP contribution in [-0.2, 0) is 11.0 Å². The molecule has 1 saturated carbocycles. The van der Waals surface area contributed by atoms with Crippen LogP contribution in [0.1, 0.15) is 31.2 Å². The molecule has 2 fully saturated rings. The Morgan fingerprint density at radius 1 is 1.25 bits per heavy atom. The first-order chi connectivity index (χ1) is 17.0. The van der Waals surface area contributed by atoms with Crippen LogP contribution in [0.2, 0.25) is 0 Å². The number of pyridine rings is 1. The second-order valence-electron chi connectivity index (χ2n) is 9.79. The minimum atomic E-state index is -4.50. The number of aromatic amines is 1. The number of rotatable bonds is 6. The molecule has 2 aliphatic rings. The minimum absolute atomic E-state index is 0.164. The Hall–Kier alpha value is -3.41. The number of aromatic nitrogens is 4. The maximum Gasteiger partial charge on any atom is 0.417 e. The lowest BCUT2D eigenvalue weighted by molar-refractivity contribution is -0.143. The van der Waals surface area contributed by atoms with Crippen LogP contribution >= 0.6 is 0 Å². The van der Waals surface area contributed by atoms with Crippen molar-refractivity contribution in [3.05, 3.63) is 30.2 Å². The summed E-state index contributed by atoms with van der Waals surface area (Å²) < 4.78 is 39.9. The van der Waals surface area contributed by atoms with Crippen LogP contribution in [0.3, 0.4) is 0 Å². The summed E-state index contributed by atoms with van der Waals surface area (Å²) in [5.74, 6) is 0.508. The van der Waals surface area contributed by atoms with Gasteiger partial charge in [0, 0.05) is 57.1 Å². The largest absolute Gasteiger partial charge is 0.417 e. The minimum Gasteiger partial charge on any atom is -0.380 e. The van der Waals surface area contributed by atoms with Gasteiger partial charge in [-0.05, 0) is 37.7 Å². The fraction of sp³-hybridized carbons (Fsp3) is 0.500. The van der Waals surface area contributed by atoms with E-state index < -0.39 is 17.3 Å². The third kappa shape index (κ3) is 4.69. The number of halogens is 3. The molecule has 36 heavy (non-hydrogen) atoms. The second-order valence-corrected chi connectivity index (χ2v) is 9.79. The molecule has 1 aliphatic carbocycles. The smallest absolute Gasteiger partial charge is 0.380 e. The molecule has 9 nitrogen and oxygen atoms in total. The van der Waals surface area contributed by atoms with Gasteiger partial charge in [-0.1, -0.05) is 0 Å². The molecule has 12 heteroatoms. The summed E-state index contributed by atoms with van der Waals surface area (Å²) in [6.07, 6.45) is 2.23. The Balaban J connectivity index is 1.33. The molecular weight excluding hydrogens is 475 g/mol. The Labute approximate surface area is 205 Å². The molecular formula is C24H28F3N7O2. The van der Waals surface area contributed by atoms with Crippen molar-refractivity contribution in [1.82, 2.24) is 24.8 Å². The number of alkyl halides is 3. The van der Waals surface area contributed by atoms with E-state index >= 15 is 0 Å². The van der Waals surface area contributed by atoms with Gasteiger partial charge in [-0.25, -0.2) is 15.0 Å². The van der Waals surface area contributed by atoms with Crippen molar-refractivity contribution in [3.63, 3.8) is 0 Å². The van der Waals surface area contributed by atoms with Gasteiger partial charge in [0.2, 0.25) is 5.95 Å². The number of carbonyl (C=O) groups excluding carboxylic acids is 1. The van der Waals surface area contributed by atoms with Crippen molar-refractivity contribution < 1.29 is 23.1 Å². The molecule has 0 aromatic carbocycles. The van der Waals surface area contributed by atoms with Crippen molar-refractivity contribution in [2.45, 2.75) is 37.5 Å². The number of nitrogens with one attached hydrogen (secondary N) is 2. The molecule has 0 radical (unpaired) electrons. The van der Waals surface area contributed by atoms with Gasteiger partial charge in [-0.3, -0.25) is 4.79 Å². The number of anilines is 2. The quantitative estimate of drug-likeness (QED) is 0.474. The molecule has 0 spiro atoms. The number of hydrogen-bond donors (Lipinski definition) is 3. The molecule has 4 heterocycles. The zero-order valence-corrected chi connectivity index (χ0v) is 20.1. The number of piperidine rings is 1. The lowest BCUT2D eigenvalue weighted by Gasteiger charge is -2.33. The normalized spacial score (nSPS) is 17.9. The number of hydrogen-bond acceptors (Lipinski definition) is 7. The van der Waals surface area contributed by atoms with Crippen molar-refractivity contribution in [1.29, 1.82) is 0 Å². The number of fused-ring (bicyclic) bond motifs is 1. The van der Waals surface area contributed by atoms with E-state index in [4.69, 9.17) is 0 Å². The lowest BCUT2D eigenvalue weighted by Crippen LogP contribution is -2.45. The van der Waals surface area contributed by atoms with Crippen molar-refractivity contribution >= 4 is 28.6 Å². The number of aliphatic hydroxyl groups is 1. The highest BCUT2D eigenvalue weighted by Crippen LogP contribution is 2.38. The molecule has 5 rings (SSSR count). The highest BCUT2D eigenvalue weighted by atomic mass is 19.4. The van der Waals surface area contributed by atoms with Gasteiger partial charge in [-0.2, -0.15) is 13.2 Å². The van der Waals surface area contributed by atoms with E-state index in [-0.39, 0.29) is 5.91 Å². The topological polar surface area (TPSA) is 110 Å². The van der Waals surface area contributed by atoms with Gasteiger partial charge in [0.15, 0.2) is 0 Å². The summed E-state index contributed by atoms with van der Waals surface area (Å²) in [5.41, 5.74) is 0.0259. The number of carbonyl (C=O) groups is 1. The van der Waals surface area contributed by atoms with Crippen LogP contribution in [-0.4, -0.2) is 75.2 Å². The Bertz CT molecular complexity index is 1280. The monoisotopic (exact) mass is 503 g/mol. The summed E-state index contributed by atoms with van der Waals surface area (Å²) in [7, 11) is 3.63. The first-order valence-corrected chi connectivity index (χ1v) is 11.9. The highest BCUT2D eigenvalue weighted by molar-refractivity contribution is 5.96. The van der Waals surface area contributed by atoms with E-state index in [0.717, 1.165) is 25.1 Å². The first-order valence-electron chi connectivity index (χ1n) is 11.9. The van der Waals surface area contributed by atoms with Gasteiger partial charge in [0.25, 0.3) is 5.91 Å². The lowest BCUT2D eigenvalue weighted by atomic mass is 9.96.